The summed E-state index contributed by atoms with van der Waals surface area (Å²) in [4.78, 5) is 13.9. The molecule has 1 saturated heterocycles. The van der Waals surface area contributed by atoms with Crippen LogP contribution in [-0.4, -0.2) is 45.1 Å². The van der Waals surface area contributed by atoms with Crippen molar-refractivity contribution >= 4 is 45.0 Å². The molecular weight excluding hydrogens is 432 g/mol. The molecule has 1 N–H and O–H groups in total. The van der Waals surface area contributed by atoms with E-state index >= 15 is 0 Å². The van der Waals surface area contributed by atoms with Crippen LogP contribution in [0.25, 0.3) is 0 Å². The Morgan fingerprint density at radius 1 is 1.17 bits per heavy atom. The summed E-state index contributed by atoms with van der Waals surface area (Å²) in [5.41, 5.74) is 0.588. The zero-order valence-corrected chi connectivity index (χ0v) is 18.6. The van der Waals surface area contributed by atoms with Gasteiger partial charge in [-0.05, 0) is 61.6 Å². The van der Waals surface area contributed by atoms with Gasteiger partial charge >= 0.3 is 0 Å². The van der Waals surface area contributed by atoms with Gasteiger partial charge < -0.3 is 10.1 Å². The number of amides is 1. The van der Waals surface area contributed by atoms with Crippen LogP contribution in [0.2, 0.25) is 5.02 Å². The topological polar surface area (TPSA) is 75.7 Å². The van der Waals surface area contributed by atoms with Crippen LogP contribution in [0.1, 0.15) is 12.8 Å². The molecule has 1 aliphatic rings. The van der Waals surface area contributed by atoms with Crippen molar-refractivity contribution < 1.29 is 17.9 Å². The molecule has 0 radical (unpaired) electrons. The summed E-state index contributed by atoms with van der Waals surface area (Å²) >= 11 is 7.66. The number of piperidine rings is 1. The second-order valence-electron chi connectivity index (χ2n) is 6.69. The van der Waals surface area contributed by atoms with Crippen molar-refractivity contribution in [1.29, 1.82) is 0 Å². The van der Waals surface area contributed by atoms with Crippen molar-refractivity contribution in [3.05, 3.63) is 47.5 Å². The first-order chi connectivity index (χ1) is 13.8. The minimum Gasteiger partial charge on any atom is -0.495 e. The number of carbonyl (C=O) groups is 1. The number of sulfonamides is 1. The van der Waals surface area contributed by atoms with E-state index in [9.17, 15) is 13.2 Å². The maximum atomic E-state index is 12.8. The molecule has 0 aromatic heterocycles. The van der Waals surface area contributed by atoms with E-state index in [2.05, 4.69) is 5.32 Å². The molecule has 0 aliphatic carbocycles. The molecule has 0 unspecified atom stereocenters. The van der Waals surface area contributed by atoms with Crippen molar-refractivity contribution in [2.45, 2.75) is 22.6 Å². The third-order valence-corrected chi connectivity index (χ3v) is 7.89. The van der Waals surface area contributed by atoms with Crippen LogP contribution in [0.5, 0.6) is 5.75 Å². The maximum absolute atomic E-state index is 12.8. The van der Waals surface area contributed by atoms with E-state index in [1.54, 1.807) is 54.2 Å². The van der Waals surface area contributed by atoms with Gasteiger partial charge in [-0.3, -0.25) is 4.79 Å². The number of nitrogens with zero attached hydrogens (tertiary/aromatic N) is 1. The van der Waals surface area contributed by atoms with E-state index < -0.39 is 10.0 Å². The van der Waals surface area contributed by atoms with Crippen LogP contribution >= 0.6 is 23.4 Å². The molecule has 6 nitrogen and oxygen atoms in total. The standard InChI is InChI=1S/C20H23ClN2O4S2/c1-27-19-8-3-15(13-18(19)21)22-20(24)14-9-11-23(12-10-14)29(25,26)17-6-4-16(28-2)5-7-17/h3-8,13-14H,9-12H2,1-2H3,(H,22,24). The molecule has 2 aromatic rings. The van der Waals surface area contributed by atoms with Gasteiger partial charge in [0.1, 0.15) is 5.75 Å². The lowest BCUT2D eigenvalue weighted by Gasteiger charge is -2.30. The second-order valence-corrected chi connectivity index (χ2v) is 9.92. The number of benzene rings is 2. The molecule has 1 fully saturated rings. The first kappa shape index (κ1) is 22.0. The molecule has 2 aromatic carbocycles. The number of thioether (sulfide) groups is 1. The highest BCUT2D eigenvalue weighted by Crippen LogP contribution is 2.29. The lowest BCUT2D eigenvalue weighted by Crippen LogP contribution is -2.41. The molecule has 1 amide bonds. The van der Waals surface area contributed by atoms with Crippen molar-refractivity contribution in [1.82, 2.24) is 4.31 Å². The highest BCUT2D eigenvalue weighted by atomic mass is 35.5. The number of methoxy groups -OCH3 is 1. The molecule has 1 heterocycles. The Morgan fingerprint density at radius 3 is 2.38 bits per heavy atom. The number of nitrogens with one attached hydrogen (secondary N) is 1. The van der Waals surface area contributed by atoms with Crippen LogP contribution in [0, 0.1) is 5.92 Å². The summed E-state index contributed by atoms with van der Waals surface area (Å²) in [7, 11) is -2.02. The van der Waals surface area contributed by atoms with Gasteiger partial charge in [0, 0.05) is 29.6 Å². The Bertz CT molecular complexity index is 972. The van der Waals surface area contributed by atoms with Gasteiger partial charge in [0.15, 0.2) is 0 Å². The van der Waals surface area contributed by atoms with E-state index in [-0.39, 0.29) is 16.7 Å². The van der Waals surface area contributed by atoms with E-state index in [1.165, 1.54) is 11.4 Å². The molecule has 9 heteroatoms. The van der Waals surface area contributed by atoms with Gasteiger partial charge in [0.25, 0.3) is 0 Å². The summed E-state index contributed by atoms with van der Waals surface area (Å²) in [6.45, 7) is 0.627. The van der Waals surface area contributed by atoms with Crippen LogP contribution in [0.4, 0.5) is 5.69 Å². The molecule has 156 valence electrons. The fourth-order valence-electron chi connectivity index (χ4n) is 3.24. The van der Waals surface area contributed by atoms with Gasteiger partial charge in [-0.1, -0.05) is 11.6 Å². The zero-order valence-electron chi connectivity index (χ0n) is 16.2. The maximum Gasteiger partial charge on any atom is 0.243 e. The van der Waals surface area contributed by atoms with Crippen molar-refractivity contribution in [2.75, 3.05) is 31.8 Å². The Morgan fingerprint density at radius 2 is 1.83 bits per heavy atom. The Kier molecular flexibility index (Phi) is 7.10. The normalized spacial score (nSPS) is 15.8. The second kappa shape index (κ2) is 9.38. The monoisotopic (exact) mass is 454 g/mol. The SMILES string of the molecule is COc1ccc(NC(=O)C2CCN(S(=O)(=O)c3ccc(SC)cc3)CC2)cc1Cl. The fraction of sp³-hybridized carbons (Fsp3) is 0.350. The number of rotatable bonds is 6. The molecule has 0 atom stereocenters. The first-order valence-corrected chi connectivity index (χ1v) is 12.2. The molecule has 0 saturated carbocycles. The number of anilines is 1. The van der Waals surface area contributed by atoms with Gasteiger partial charge in [0.05, 0.1) is 17.0 Å². The fourth-order valence-corrected chi connectivity index (χ4v) is 5.38. The Balaban J connectivity index is 1.60. The third kappa shape index (κ3) is 5.06. The summed E-state index contributed by atoms with van der Waals surface area (Å²) in [6, 6.07) is 11.9. The highest BCUT2D eigenvalue weighted by Gasteiger charge is 2.32. The number of halogens is 1. The van der Waals surface area contributed by atoms with Gasteiger partial charge in [-0.2, -0.15) is 4.31 Å². The lowest BCUT2D eigenvalue weighted by atomic mass is 9.97. The minimum absolute atomic E-state index is 0.132. The van der Waals surface area contributed by atoms with Gasteiger partial charge in [0.2, 0.25) is 15.9 Å². The molecule has 1 aliphatic heterocycles. The number of hydrogen-bond donors (Lipinski definition) is 1. The van der Waals surface area contributed by atoms with Crippen LogP contribution in [0.15, 0.2) is 52.3 Å². The smallest absolute Gasteiger partial charge is 0.243 e. The average Bonchev–Trinajstić information content (AvgIpc) is 2.74. The minimum atomic E-state index is -3.55. The summed E-state index contributed by atoms with van der Waals surface area (Å²) < 4.78 is 32.2. The van der Waals surface area contributed by atoms with Crippen molar-refractivity contribution in [3.8, 4) is 5.75 Å². The third-order valence-electron chi connectivity index (χ3n) is 4.94. The van der Waals surface area contributed by atoms with E-state index in [0.717, 1.165) is 4.90 Å². The van der Waals surface area contributed by atoms with Gasteiger partial charge in [-0.25, -0.2) is 8.42 Å². The predicted molar refractivity (Wildman–Crippen MR) is 116 cm³/mol. The summed E-state index contributed by atoms with van der Waals surface area (Å²) in [5, 5.41) is 3.27. The summed E-state index contributed by atoms with van der Waals surface area (Å²) in [6.07, 6.45) is 2.88. The first-order valence-electron chi connectivity index (χ1n) is 9.13. The number of carbonyl (C=O) groups excluding carboxylic acids is 1. The van der Waals surface area contributed by atoms with Crippen molar-refractivity contribution in [2.24, 2.45) is 5.92 Å². The van der Waals surface area contributed by atoms with Gasteiger partial charge in [-0.15, -0.1) is 11.8 Å². The quantitative estimate of drug-likeness (QED) is 0.665. The van der Waals surface area contributed by atoms with Crippen molar-refractivity contribution in [3.63, 3.8) is 0 Å². The molecular formula is C20H23ClN2O4S2. The average molecular weight is 455 g/mol. The van der Waals surface area contributed by atoms with E-state index in [4.69, 9.17) is 16.3 Å². The number of hydrogen-bond acceptors (Lipinski definition) is 5. The molecule has 0 spiro atoms. The number of ether oxygens (including phenoxy) is 1. The predicted octanol–water partition coefficient (Wildman–Crippen LogP) is 4.11. The van der Waals surface area contributed by atoms with Crippen LogP contribution in [0.3, 0.4) is 0 Å². The van der Waals surface area contributed by atoms with E-state index in [1.807, 2.05) is 6.26 Å². The molecule has 29 heavy (non-hydrogen) atoms. The Hall–Kier alpha value is -1.74. The summed E-state index contributed by atoms with van der Waals surface area (Å²) in [5.74, 6) is 0.155. The highest BCUT2D eigenvalue weighted by molar-refractivity contribution is 7.98. The van der Waals surface area contributed by atoms with Crippen LogP contribution < -0.4 is 10.1 Å². The lowest BCUT2D eigenvalue weighted by molar-refractivity contribution is -0.120. The Labute approximate surface area is 180 Å². The molecule has 3 rings (SSSR count). The zero-order chi connectivity index (χ0) is 21.0. The largest absolute Gasteiger partial charge is 0.495 e. The molecule has 0 bridgehead atoms. The van der Waals surface area contributed by atoms with Crippen LogP contribution in [-0.2, 0) is 14.8 Å². The van der Waals surface area contributed by atoms with E-state index in [0.29, 0.717) is 42.4 Å².